The van der Waals surface area contributed by atoms with Gasteiger partial charge in [-0.1, -0.05) is 24.3 Å². The van der Waals surface area contributed by atoms with Gasteiger partial charge in [0, 0.05) is 30.6 Å². The number of halogens is 3. The number of fused-ring (bicyclic) bond motifs is 1. The average molecular weight is 538 g/mol. The third kappa shape index (κ3) is 5.29. The van der Waals surface area contributed by atoms with Gasteiger partial charge in [-0.15, -0.1) is 0 Å². The van der Waals surface area contributed by atoms with Crippen molar-refractivity contribution < 1.29 is 22.4 Å². The maximum atomic E-state index is 13.4. The molecule has 0 saturated carbocycles. The molecular formula is C28H26F3N5O3. The molecule has 3 heterocycles. The molecule has 0 aliphatic carbocycles. The average Bonchev–Trinajstić information content (AvgIpc) is 3.48. The number of hydrogen-bond acceptors (Lipinski definition) is 6. The first-order chi connectivity index (χ1) is 18.7. The molecular weight excluding hydrogens is 511 g/mol. The number of benzene rings is 2. The van der Waals surface area contributed by atoms with Crippen LogP contribution in [0, 0.1) is 0 Å². The molecule has 2 aromatic carbocycles. The van der Waals surface area contributed by atoms with E-state index in [0.29, 0.717) is 53.6 Å². The van der Waals surface area contributed by atoms with Gasteiger partial charge in [0.2, 0.25) is 5.95 Å². The van der Waals surface area contributed by atoms with E-state index in [9.17, 15) is 22.8 Å². The summed E-state index contributed by atoms with van der Waals surface area (Å²) < 4.78 is 45.5. The van der Waals surface area contributed by atoms with Crippen LogP contribution in [0.1, 0.15) is 52.6 Å². The molecule has 5 rings (SSSR count). The molecule has 1 unspecified atom stereocenters. The molecule has 0 bridgehead atoms. The fourth-order valence-electron chi connectivity index (χ4n) is 4.65. The number of carbonyl (C=O) groups excluding carboxylic acids is 1. The van der Waals surface area contributed by atoms with Crippen molar-refractivity contribution in [3.63, 3.8) is 0 Å². The fourth-order valence-corrected chi connectivity index (χ4v) is 4.65. The summed E-state index contributed by atoms with van der Waals surface area (Å²) >= 11 is 0. The number of aromatic nitrogens is 3. The number of nitrogens with one attached hydrogen (secondary N) is 1. The maximum Gasteiger partial charge on any atom is 0.416 e. The Hall–Kier alpha value is -4.41. The Balaban J connectivity index is 1.34. The fraction of sp³-hybridized carbons (Fsp3) is 0.286. The highest BCUT2D eigenvalue weighted by atomic mass is 19.4. The summed E-state index contributed by atoms with van der Waals surface area (Å²) in [4.78, 5) is 36.9. The normalized spacial score (nSPS) is 14.1. The molecule has 8 nitrogen and oxygen atoms in total. The molecule has 0 radical (unpaired) electrons. The van der Waals surface area contributed by atoms with Gasteiger partial charge in [0.1, 0.15) is 0 Å². The molecule has 1 aliphatic rings. The minimum atomic E-state index is -4.41. The van der Waals surface area contributed by atoms with Crippen LogP contribution in [0.25, 0.3) is 11.3 Å². The monoisotopic (exact) mass is 537 g/mol. The van der Waals surface area contributed by atoms with E-state index in [4.69, 9.17) is 9.40 Å². The van der Waals surface area contributed by atoms with E-state index in [-0.39, 0.29) is 18.0 Å². The molecule has 11 heteroatoms. The smallest absolute Gasteiger partial charge is 0.416 e. The van der Waals surface area contributed by atoms with Gasteiger partial charge in [0.25, 0.3) is 11.5 Å². The van der Waals surface area contributed by atoms with E-state index in [1.54, 1.807) is 42.3 Å². The topological polar surface area (TPSA) is 93.3 Å². The Morgan fingerprint density at radius 3 is 2.46 bits per heavy atom. The molecule has 0 saturated heterocycles. The maximum absolute atomic E-state index is 13.4. The summed E-state index contributed by atoms with van der Waals surface area (Å²) in [6.07, 6.45) is -1.07. The van der Waals surface area contributed by atoms with E-state index >= 15 is 0 Å². The van der Waals surface area contributed by atoms with Gasteiger partial charge in [0.05, 0.1) is 35.6 Å². The van der Waals surface area contributed by atoms with Crippen molar-refractivity contribution in [2.24, 2.45) is 0 Å². The van der Waals surface area contributed by atoms with Crippen LogP contribution < -0.4 is 10.9 Å². The Kier molecular flexibility index (Phi) is 6.98. The van der Waals surface area contributed by atoms with Crippen molar-refractivity contribution in [2.45, 2.75) is 45.6 Å². The molecule has 1 N–H and O–H groups in total. The van der Waals surface area contributed by atoms with Gasteiger partial charge in [-0.3, -0.25) is 14.2 Å². The van der Waals surface area contributed by atoms with Crippen LogP contribution in [0.4, 0.5) is 19.1 Å². The van der Waals surface area contributed by atoms with Crippen LogP contribution in [-0.4, -0.2) is 31.9 Å². The highest BCUT2D eigenvalue weighted by Gasteiger charge is 2.30. The minimum Gasteiger partial charge on any atom is -0.444 e. The number of alkyl halides is 3. The number of carbonyl (C=O) groups is 1. The number of anilines is 1. The second kappa shape index (κ2) is 10.4. The summed E-state index contributed by atoms with van der Waals surface area (Å²) in [5.41, 5.74) is 2.02. The lowest BCUT2D eigenvalue weighted by molar-refractivity contribution is -0.137. The highest BCUT2D eigenvalue weighted by molar-refractivity contribution is 5.94. The van der Waals surface area contributed by atoms with E-state index in [1.165, 1.54) is 23.1 Å². The van der Waals surface area contributed by atoms with Gasteiger partial charge >= 0.3 is 6.18 Å². The van der Waals surface area contributed by atoms with E-state index in [0.717, 1.165) is 17.7 Å². The highest BCUT2D eigenvalue weighted by Crippen LogP contribution is 2.30. The zero-order valence-electron chi connectivity index (χ0n) is 21.3. The van der Waals surface area contributed by atoms with Crippen molar-refractivity contribution in [1.82, 2.24) is 19.4 Å². The van der Waals surface area contributed by atoms with Crippen LogP contribution in [0.2, 0.25) is 0 Å². The molecule has 0 spiro atoms. The number of rotatable bonds is 6. The van der Waals surface area contributed by atoms with Crippen LogP contribution >= 0.6 is 0 Å². The number of amides is 1. The molecule has 1 amide bonds. The minimum absolute atomic E-state index is 0.137. The second-order valence-electron chi connectivity index (χ2n) is 9.32. The molecule has 39 heavy (non-hydrogen) atoms. The first kappa shape index (κ1) is 26.2. The Labute approximate surface area is 222 Å². The van der Waals surface area contributed by atoms with Crippen LogP contribution in [0.5, 0.6) is 0 Å². The molecule has 2 aromatic heterocycles. The summed E-state index contributed by atoms with van der Waals surface area (Å²) in [5.74, 6) is 0.755. The van der Waals surface area contributed by atoms with Crippen LogP contribution in [-0.2, 0) is 25.7 Å². The molecule has 1 aliphatic heterocycles. The van der Waals surface area contributed by atoms with E-state index in [1.807, 2.05) is 6.92 Å². The molecule has 4 aromatic rings. The Bertz CT molecular complexity index is 1530. The van der Waals surface area contributed by atoms with Crippen molar-refractivity contribution in [3.05, 3.63) is 99.4 Å². The largest absolute Gasteiger partial charge is 0.444 e. The number of oxazole rings is 1. The summed E-state index contributed by atoms with van der Waals surface area (Å²) in [6.45, 7) is 4.47. The van der Waals surface area contributed by atoms with Gasteiger partial charge < -0.3 is 14.6 Å². The summed E-state index contributed by atoms with van der Waals surface area (Å²) in [6, 6.07) is 11.5. The van der Waals surface area contributed by atoms with Gasteiger partial charge in [-0.2, -0.15) is 13.2 Å². The molecule has 1 atom stereocenters. The number of hydrogen-bond donors (Lipinski definition) is 1. The lowest BCUT2D eigenvalue weighted by Gasteiger charge is -2.29. The lowest BCUT2D eigenvalue weighted by atomic mass is 10.0. The van der Waals surface area contributed by atoms with Crippen molar-refractivity contribution in [3.8, 4) is 11.3 Å². The van der Waals surface area contributed by atoms with Crippen molar-refractivity contribution in [2.75, 3.05) is 11.9 Å². The van der Waals surface area contributed by atoms with Gasteiger partial charge in [-0.05, 0) is 43.7 Å². The van der Waals surface area contributed by atoms with Crippen LogP contribution in [0.3, 0.4) is 0 Å². The third-order valence-corrected chi connectivity index (χ3v) is 6.85. The van der Waals surface area contributed by atoms with Crippen molar-refractivity contribution in [1.29, 1.82) is 0 Å². The van der Waals surface area contributed by atoms with E-state index in [2.05, 4.69) is 10.3 Å². The summed E-state index contributed by atoms with van der Waals surface area (Å²) in [7, 11) is 0. The predicted octanol–water partition coefficient (Wildman–Crippen LogP) is 5.31. The lowest BCUT2D eigenvalue weighted by Crippen LogP contribution is -2.41. The third-order valence-electron chi connectivity index (χ3n) is 6.85. The standard InChI is InChI=1S/C28H26F3N5O3/c1-3-36-26(38)22-15-35(25(37)20-6-4-19(5-7-20)24-14-32-16-39-24)13-12-23(22)34-27(36)33-17(2)18-8-10-21(11-9-18)28(29,30)31/h4-11,14,16-17H,3,12-13,15H2,1-2H3,(H,33,34). The Morgan fingerprint density at radius 2 is 1.85 bits per heavy atom. The first-order valence-corrected chi connectivity index (χ1v) is 12.5. The summed E-state index contributed by atoms with van der Waals surface area (Å²) in [5, 5.41) is 3.18. The van der Waals surface area contributed by atoms with Crippen molar-refractivity contribution >= 4 is 11.9 Å². The quantitative estimate of drug-likeness (QED) is 0.359. The van der Waals surface area contributed by atoms with E-state index < -0.39 is 17.8 Å². The zero-order valence-corrected chi connectivity index (χ0v) is 21.3. The molecule has 202 valence electrons. The Morgan fingerprint density at radius 1 is 1.13 bits per heavy atom. The SMILES string of the molecule is CCn1c(NC(C)c2ccc(C(F)(F)F)cc2)nc2c(c1=O)CN(C(=O)c1ccc(-c3cnco3)cc1)CC2. The number of nitrogens with zero attached hydrogens (tertiary/aromatic N) is 4. The first-order valence-electron chi connectivity index (χ1n) is 12.5. The second-order valence-corrected chi connectivity index (χ2v) is 9.32. The van der Waals surface area contributed by atoms with Gasteiger partial charge in [0.15, 0.2) is 12.2 Å². The zero-order chi connectivity index (χ0) is 27.7. The van der Waals surface area contributed by atoms with Gasteiger partial charge in [-0.25, -0.2) is 9.97 Å². The van der Waals surface area contributed by atoms with Crippen LogP contribution in [0.15, 0.2) is 70.3 Å². The predicted molar refractivity (Wildman–Crippen MR) is 138 cm³/mol. The molecule has 0 fully saturated rings.